The van der Waals surface area contributed by atoms with Gasteiger partial charge >= 0.3 is 7.12 Å². The molecule has 2 fully saturated rings. The average molecular weight is 394 g/mol. The maximum absolute atomic E-state index is 13.2. The van der Waals surface area contributed by atoms with Crippen LogP contribution in [0.3, 0.4) is 0 Å². The zero-order chi connectivity index (χ0) is 21.5. The Kier molecular flexibility index (Phi) is 6.70. The van der Waals surface area contributed by atoms with E-state index in [2.05, 4.69) is 79.7 Å². The summed E-state index contributed by atoms with van der Waals surface area (Å²) in [6.45, 7) is 17.7. The van der Waals surface area contributed by atoms with Crippen molar-refractivity contribution in [1.82, 2.24) is 10.2 Å². The van der Waals surface area contributed by atoms with Crippen LogP contribution in [0.2, 0.25) is 6.32 Å². The van der Waals surface area contributed by atoms with Crippen LogP contribution in [0, 0.1) is 17.3 Å². The van der Waals surface area contributed by atoms with Crippen molar-refractivity contribution in [3.05, 3.63) is 0 Å². The van der Waals surface area contributed by atoms with Crippen LogP contribution >= 0.6 is 0 Å². The van der Waals surface area contributed by atoms with Gasteiger partial charge in [-0.3, -0.25) is 4.79 Å². The summed E-state index contributed by atoms with van der Waals surface area (Å²) in [5.74, 6) is 1.10. The minimum absolute atomic E-state index is 0.146. The molecule has 2 rings (SSSR count). The molecule has 162 valence electrons. The second kappa shape index (κ2) is 7.92. The van der Waals surface area contributed by atoms with Gasteiger partial charge < -0.3 is 19.5 Å². The predicted molar refractivity (Wildman–Crippen MR) is 116 cm³/mol. The Labute approximate surface area is 173 Å². The second-order valence-electron chi connectivity index (χ2n) is 11.6. The summed E-state index contributed by atoms with van der Waals surface area (Å²) in [5.41, 5.74) is -1.08. The Bertz CT molecular complexity index is 555. The number of rotatable bonds is 6. The maximum Gasteiger partial charge on any atom is 0.457 e. The van der Waals surface area contributed by atoms with Crippen molar-refractivity contribution >= 4 is 13.0 Å². The number of hydrogen-bond donors (Lipinski definition) is 1. The first kappa shape index (κ1) is 23.7. The predicted octanol–water partition coefficient (Wildman–Crippen LogP) is 3.98. The van der Waals surface area contributed by atoms with Gasteiger partial charge in [0.15, 0.2) is 0 Å². The zero-order valence-electron chi connectivity index (χ0n) is 19.9. The van der Waals surface area contributed by atoms with Crippen molar-refractivity contribution in [3.63, 3.8) is 0 Å². The van der Waals surface area contributed by atoms with E-state index >= 15 is 0 Å². The van der Waals surface area contributed by atoms with E-state index in [-0.39, 0.29) is 35.2 Å². The Morgan fingerprint density at radius 2 is 1.64 bits per heavy atom. The van der Waals surface area contributed by atoms with Crippen molar-refractivity contribution in [1.29, 1.82) is 0 Å². The van der Waals surface area contributed by atoms with E-state index in [1.807, 2.05) is 0 Å². The molecule has 0 aromatic heterocycles. The molecule has 0 aromatic rings. The summed E-state index contributed by atoms with van der Waals surface area (Å²) in [6, 6.07) is 0. The normalized spacial score (nSPS) is 32.2. The fraction of sp³-hybridized carbons (Fsp3) is 0.955. The van der Waals surface area contributed by atoms with Crippen LogP contribution in [0.1, 0.15) is 74.7 Å². The first-order chi connectivity index (χ1) is 12.6. The summed E-state index contributed by atoms with van der Waals surface area (Å²) in [4.78, 5) is 15.4. The summed E-state index contributed by atoms with van der Waals surface area (Å²) in [7, 11) is 4.05. The number of nitrogens with zero attached hydrogens (tertiary/aromatic N) is 1. The minimum Gasteiger partial charge on any atom is -0.403 e. The zero-order valence-corrected chi connectivity index (χ0v) is 19.9. The smallest absolute Gasteiger partial charge is 0.403 e. The fourth-order valence-electron chi connectivity index (χ4n) is 4.67. The van der Waals surface area contributed by atoms with E-state index in [1.165, 1.54) is 0 Å². The van der Waals surface area contributed by atoms with Gasteiger partial charge in [0.05, 0.1) is 16.6 Å². The van der Waals surface area contributed by atoms with Gasteiger partial charge in [0.25, 0.3) is 0 Å². The molecule has 0 spiro atoms. The monoisotopic (exact) mass is 394 g/mol. The summed E-state index contributed by atoms with van der Waals surface area (Å²) >= 11 is 0. The molecule has 0 aromatic carbocycles. The third-order valence-electron chi connectivity index (χ3n) is 6.94. The van der Waals surface area contributed by atoms with Crippen LogP contribution in [0.4, 0.5) is 0 Å². The second-order valence-corrected chi connectivity index (χ2v) is 11.6. The molecule has 0 bridgehead atoms. The highest BCUT2D eigenvalue weighted by Crippen LogP contribution is 2.49. The van der Waals surface area contributed by atoms with E-state index in [0.29, 0.717) is 11.8 Å². The van der Waals surface area contributed by atoms with Crippen LogP contribution in [-0.2, 0) is 14.1 Å². The van der Waals surface area contributed by atoms with E-state index in [9.17, 15) is 4.79 Å². The number of carbonyl (C=O) groups excluding carboxylic acids is 1. The molecule has 1 aliphatic carbocycles. The molecule has 1 heterocycles. The summed E-state index contributed by atoms with van der Waals surface area (Å²) in [5, 5.41) is 3.24. The van der Waals surface area contributed by atoms with E-state index in [1.54, 1.807) is 0 Å². The molecular weight excluding hydrogens is 351 g/mol. The van der Waals surface area contributed by atoms with Gasteiger partial charge in [-0.15, -0.1) is 0 Å². The summed E-state index contributed by atoms with van der Waals surface area (Å²) in [6.07, 6.45) is 3.96. The molecule has 1 aliphatic heterocycles. The molecule has 6 heteroatoms. The van der Waals surface area contributed by atoms with Gasteiger partial charge in [-0.1, -0.05) is 13.3 Å². The first-order valence-corrected chi connectivity index (χ1v) is 10.9. The summed E-state index contributed by atoms with van der Waals surface area (Å²) < 4.78 is 12.3. The highest BCUT2D eigenvalue weighted by atomic mass is 16.7. The van der Waals surface area contributed by atoms with Gasteiger partial charge in [-0.25, -0.2) is 0 Å². The average Bonchev–Trinajstić information content (AvgIpc) is 2.89. The molecule has 1 saturated heterocycles. The molecule has 28 heavy (non-hydrogen) atoms. The van der Waals surface area contributed by atoms with E-state index in [4.69, 9.17) is 9.31 Å². The number of hydrogen-bond acceptors (Lipinski definition) is 4. The molecule has 1 amide bonds. The largest absolute Gasteiger partial charge is 0.457 e. The first-order valence-electron chi connectivity index (χ1n) is 10.9. The minimum atomic E-state index is -0.321. The van der Waals surface area contributed by atoms with E-state index < -0.39 is 0 Å². The van der Waals surface area contributed by atoms with Crippen molar-refractivity contribution in [2.45, 2.75) is 97.7 Å². The molecule has 1 saturated carbocycles. The third kappa shape index (κ3) is 5.31. The van der Waals surface area contributed by atoms with Crippen molar-refractivity contribution in [2.75, 3.05) is 20.6 Å². The fourth-order valence-corrected chi connectivity index (χ4v) is 4.67. The SMILES string of the molecule is CN(C)CC1CC(CCB2OC(C)(C)C(C)(C)O2)CC1(C)C(=O)NC(C)(C)C. The Morgan fingerprint density at radius 3 is 2.11 bits per heavy atom. The standard InChI is InChI=1S/C22H43BN2O3/c1-19(2,3)24-18(26)22(8)14-16(13-17(22)15-25(9)10)11-12-23-27-20(4,5)21(6,7)28-23/h16-17H,11-15H2,1-10H3,(H,24,26). The number of nitrogens with one attached hydrogen (secondary N) is 1. The van der Waals surface area contributed by atoms with Crippen molar-refractivity contribution in [2.24, 2.45) is 17.3 Å². The lowest BCUT2D eigenvalue weighted by molar-refractivity contribution is -0.134. The van der Waals surface area contributed by atoms with Crippen LogP contribution in [0.5, 0.6) is 0 Å². The molecule has 3 unspecified atom stereocenters. The Hall–Kier alpha value is -0.585. The maximum atomic E-state index is 13.2. The molecule has 5 nitrogen and oxygen atoms in total. The van der Waals surface area contributed by atoms with Gasteiger partial charge in [0, 0.05) is 12.1 Å². The van der Waals surface area contributed by atoms with Gasteiger partial charge in [-0.05, 0) is 93.6 Å². The molecule has 1 N–H and O–H groups in total. The van der Waals surface area contributed by atoms with Gasteiger partial charge in [-0.2, -0.15) is 0 Å². The van der Waals surface area contributed by atoms with Crippen molar-refractivity contribution < 1.29 is 14.1 Å². The van der Waals surface area contributed by atoms with Crippen LogP contribution in [0.15, 0.2) is 0 Å². The molecule has 0 radical (unpaired) electrons. The molecular formula is C22H43BN2O3. The molecule has 2 aliphatic rings. The number of carbonyl (C=O) groups is 1. The Balaban J connectivity index is 2.02. The third-order valence-corrected chi connectivity index (χ3v) is 6.94. The Morgan fingerprint density at radius 1 is 1.11 bits per heavy atom. The topological polar surface area (TPSA) is 50.8 Å². The quantitative estimate of drug-likeness (QED) is 0.693. The molecule has 3 atom stereocenters. The van der Waals surface area contributed by atoms with Gasteiger partial charge in [0.2, 0.25) is 5.91 Å². The lowest BCUT2D eigenvalue weighted by Gasteiger charge is -2.35. The highest BCUT2D eigenvalue weighted by Gasteiger charge is 2.52. The van der Waals surface area contributed by atoms with Crippen LogP contribution in [-0.4, -0.2) is 55.3 Å². The van der Waals surface area contributed by atoms with Crippen LogP contribution in [0.25, 0.3) is 0 Å². The number of amides is 1. The highest BCUT2D eigenvalue weighted by molar-refractivity contribution is 6.45. The van der Waals surface area contributed by atoms with E-state index in [0.717, 1.165) is 32.1 Å². The van der Waals surface area contributed by atoms with Crippen molar-refractivity contribution in [3.8, 4) is 0 Å². The lowest BCUT2D eigenvalue weighted by Crippen LogP contribution is -2.50. The lowest BCUT2D eigenvalue weighted by atomic mass is 9.76. The van der Waals surface area contributed by atoms with Crippen LogP contribution < -0.4 is 5.32 Å². The van der Waals surface area contributed by atoms with Gasteiger partial charge in [0.1, 0.15) is 0 Å².